The highest BCUT2D eigenvalue weighted by molar-refractivity contribution is 5.66. The summed E-state index contributed by atoms with van der Waals surface area (Å²) in [5, 5.41) is 0. The second-order valence-corrected chi connectivity index (χ2v) is 3.45. The van der Waals surface area contributed by atoms with Crippen molar-refractivity contribution in [2.75, 3.05) is 0 Å². The van der Waals surface area contributed by atoms with Crippen LogP contribution in [0.1, 0.15) is 40.2 Å². The number of allylic oxidation sites excluding steroid dienone is 1. The Hall–Kier alpha value is -1.96. The standard InChI is InChI=1S/C13H12N2.2C2H6/c1-10(2)11-3-5-12(6-4-11)13-9-14-7-8-15-13;2*1-2/h3-9H,1H2,2H3;2*1-2H3. The van der Waals surface area contributed by atoms with Crippen molar-refractivity contribution in [1.29, 1.82) is 0 Å². The fraction of sp³-hybridized carbons (Fsp3) is 0.294. The van der Waals surface area contributed by atoms with E-state index in [0.29, 0.717) is 0 Å². The van der Waals surface area contributed by atoms with Gasteiger partial charge in [-0.2, -0.15) is 0 Å². The van der Waals surface area contributed by atoms with Gasteiger partial charge in [0, 0.05) is 18.0 Å². The van der Waals surface area contributed by atoms with Crippen LogP contribution in [0.5, 0.6) is 0 Å². The summed E-state index contributed by atoms with van der Waals surface area (Å²) in [7, 11) is 0. The third kappa shape index (κ3) is 5.47. The highest BCUT2D eigenvalue weighted by Crippen LogP contribution is 2.18. The molecule has 1 aromatic heterocycles. The number of hydrogen-bond donors (Lipinski definition) is 0. The van der Waals surface area contributed by atoms with E-state index >= 15 is 0 Å². The molecule has 0 fully saturated rings. The molecule has 0 amide bonds. The molecule has 0 saturated heterocycles. The second-order valence-electron chi connectivity index (χ2n) is 3.45. The van der Waals surface area contributed by atoms with Crippen molar-refractivity contribution in [2.24, 2.45) is 0 Å². The first kappa shape index (κ1) is 17.0. The molecule has 2 aromatic rings. The molecular weight excluding hydrogens is 232 g/mol. The van der Waals surface area contributed by atoms with Crippen LogP contribution in [0, 0.1) is 0 Å². The fourth-order valence-electron chi connectivity index (χ4n) is 1.37. The van der Waals surface area contributed by atoms with E-state index in [9.17, 15) is 0 Å². The lowest BCUT2D eigenvalue weighted by atomic mass is 10.1. The molecule has 0 aliphatic heterocycles. The Morgan fingerprint density at radius 3 is 1.95 bits per heavy atom. The zero-order valence-corrected chi connectivity index (χ0v) is 12.6. The maximum absolute atomic E-state index is 4.24. The maximum Gasteiger partial charge on any atom is 0.0885 e. The molecule has 2 nitrogen and oxygen atoms in total. The molecule has 0 unspecified atom stereocenters. The average molecular weight is 256 g/mol. The van der Waals surface area contributed by atoms with Crippen LogP contribution in [0.4, 0.5) is 0 Å². The van der Waals surface area contributed by atoms with Crippen LogP contribution < -0.4 is 0 Å². The number of hydrogen-bond acceptors (Lipinski definition) is 2. The summed E-state index contributed by atoms with van der Waals surface area (Å²) >= 11 is 0. The molecule has 0 saturated carbocycles. The molecule has 0 radical (unpaired) electrons. The van der Waals surface area contributed by atoms with Gasteiger partial charge in [0.1, 0.15) is 0 Å². The maximum atomic E-state index is 4.24. The summed E-state index contributed by atoms with van der Waals surface area (Å²) in [6.07, 6.45) is 5.13. The van der Waals surface area contributed by atoms with Gasteiger partial charge in [-0.05, 0) is 12.5 Å². The summed E-state index contributed by atoms with van der Waals surface area (Å²) in [6, 6.07) is 8.17. The Kier molecular flexibility index (Phi) is 8.98. The van der Waals surface area contributed by atoms with Gasteiger partial charge in [-0.15, -0.1) is 0 Å². The Morgan fingerprint density at radius 1 is 0.947 bits per heavy atom. The van der Waals surface area contributed by atoms with Crippen molar-refractivity contribution in [1.82, 2.24) is 9.97 Å². The van der Waals surface area contributed by atoms with Gasteiger partial charge in [0.05, 0.1) is 11.9 Å². The van der Waals surface area contributed by atoms with E-state index in [1.807, 2.05) is 58.9 Å². The van der Waals surface area contributed by atoms with Crippen LogP contribution in [0.2, 0.25) is 0 Å². The third-order valence-corrected chi connectivity index (χ3v) is 2.24. The van der Waals surface area contributed by atoms with Crippen LogP contribution in [0.15, 0.2) is 49.4 Å². The van der Waals surface area contributed by atoms with Crippen molar-refractivity contribution in [3.63, 3.8) is 0 Å². The van der Waals surface area contributed by atoms with Crippen LogP contribution in [-0.4, -0.2) is 9.97 Å². The Balaban J connectivity index is 0.000000741. The van der Waals surface area contributed by atoms with Gasteiger partial charge in [0.15, 0.2) is 0 Å². The molecule has 0 atom stereocenters. The first-order chi connectivity index (χ1) is 9.27. The van der Waals surface area contributed by atoms with Crippen LogP contribution in [0.3, 0.4) is 0 Å². The quantitative estimate of drug-likeness (QED) is 0.735. The topological polar surface area (TPSA) is 25.8 Å². The number of benzene rings is 1. The molecule has 0 spiro atoms. The Labute approximate surface area is 117 Å². The number of nitrogens with zero attached hydrogens (tertiary/aromatic N) is 2. The molecule has 0 bridgehead atoms. The molecule has 0 aliphatic carbocycles. The van der Waals surface area contributed by atoms with Gasteiger partial charge in [-0.1, -0.05) is 64.1 Å². The summed E-state index contributed by atoms with van der Waals surface area (Å²) in [4.78, 5) is 8.28. The lowest BCUT2D eigenvalue weighted by Crippen LogP contribution is -1.84. The minimum absolute atomic E-state index is 0.894. The molecule has 19 heavy (non-hydrogen) atoms. The van der Waals surface area contributed by atoms with Gasteiger partial charge in [0.25, 0.3) is 0 Å². The predicted octanol–water partition coefficient (Wildman–Crippen LogP) is 5.23. The van der Waals surface area contributed by atoms with E-state index in [2.05, 4.69) is 16.5 Å². The van der Waals surface area contributed by atoms with Crippen molar-refractivity contribution < 1.29 is 0 Å². The van der Waals surface area contributed by atoms with Crippen molar-refractivity contribution in [2.45, 2.75) is 34.6 Å². The first-order valence-electron chi connectivity index (χ1n) is 6.80. The molecule has 1 heterocycles. The second kappa shape index (κ2) is 10.0. The van der Waals surface area contributed by atoms with Crippen molar-refractivity contribution in [3.8, 4) is 11.3 Å². The normalized spacial score (nSPS) is 8.47. The highest BCUT2D eigenvalue weighted by atomic mass is 14.8. The van der Waals surface area contributed by atoms with Crippen molar-refractivity contribution in [3.05, 3.63) is 55.0 Å². The lowest BCUT2D eigenvalue weighted by Gasteiger charge is -2.02. The molecular formula is C17H24N2. The molecule has 2 rings (SSSR count). The largest absolute Gasteiger partial charge is 0.261 e. The molecule has 102 valence electrons. The van der Waals surface area contributed by atoms with Gasteiger partial charge in [0.2, 0.25) is 0 Å². The van der Waals surface area contributed by atoms with Crippen LogP contribution in [-0.2, 0) is 0 Å². The highest BCUT2D eigenvalue weighted by Gasteiger charge is 1.98. The summed E-state index contributed by atoms with van der Waals surface area (Å²) in [6.45, 7) is 13.9. The van der Waals surface area contributed by atoms with E-state index < -0.39 is 0 Å². The number of aromatic nitrogens is 2. The monoisotopic (exact) mass is 256 g/mol. The first-order valence-corrected chi connectivity index (χ1v) is 6.80. The summed E-state index contributed by atoms with van der Waals surface area (Å²) < 4.78 is 0. The minimum atomic E-state index is 0.894. The van der Waals surface area contributed by atoms with E-state index in [1.165, 1.54) is 0 Å². The fourth-order valence-corrected chi connectivity index (χ4v) is 1.37. The molecule has 0 aliphatic rings. The SMILES string of the molecule is C=C(C)c1ccc(-c2cnccn2)cc1.CC.CC. The minimum Gasteiger partial charge on any atom is -0.261 e. The summed E-state index contributed by atoms with van der Waals surface area (Å²) in [5.41, 5.74) is 4.20. The zero-order chi connectivity index (χ0) is 14.7. The van der Waals surface area contributed by atoms with Crippen molar-refractivity contribution >= 4 is 5.57 Å². The van der Waals surface area contributed by atoms with E-state index in [1.54, 1.807) is 18.6 Å². The molecule has 2 heteroatoms. The summed E-state index contributed by atoms with van der Waals surface area (Å²) in [5.74, 6) is 0. The van der Waals surface area contributed by atoms with Crippen LogP contribution in [0.25, 0.3) is 16.8 Å². The third-order valence-electron chi connectivity index (χ3n) is 2.24. The smallest absolute Gasteiger partial charge is 0.0885 e. The average Bonchev–Trinajstić information content (AvgIpc) is 2.52. The van der Waals surface area contributed by atoms with Gasteiger partial charge < -0.3 is 0 Å². The van der Waals surface area contributed by atoms with Crippen LogP contribution >= 0.6 is 0 Å². The molecule has 1 aromatic carbocycles. The number of rotatable bonds is 2. The predicted molar refractivity (Wildman–Crippen MR) is 84.9 cm³/mol. The van der Waals surface area contributed by atoms with Gasteiger partial charge >= 0.3 is 0 Å². The van der Waals surface area contributed by atoms with Gasteiger partial charge in [-0.3, -0.25) is 9.97 Å². The van der Waals surface area contributed by atoms with E-state index in [0.717, 1.165) is 22.4 Å². The zero-order valence-electron chi connectivity index (χ0n) is 12.6. The molecule has 0 N–H and O–H groups in total. The van der Waals surface area contributed by atoms with E-state index in [-0.39, 0.29) is 0 Å². The van der Waals surface area contributed by atoms with E-state index in [4.69, 9.17) is 0 Å². The lowest BCUT2D eigenvalue weighted by molar-refractivity contribution is 1.21. The van der Waals surface area contributed by atoms with Gasteiger partial charge in [-0.25, -0.2) is 0 Å². The Morgan fingerprint density at radius 2 is 1.53 bits per heavy atom. The Bertz CT molecular complexity index is 458.